The third-order valence-electron chi connectivity index (χ3n) is 4.31. The van der Waals surface area contributed by atoms with Gasteiger partial charge in [-0.3, -0.25) is 0 Å². The second kappa shape index (κ2) is 10.7. The van der Waals surface area contributed by atoms with E-state index in [2.05, 4.69) is 5.32 Å². The van der Waals surface area contributed by atoms with Crippen molar-refractivity contribution in [3.05, 3.63) is 64.7 Å². The SMILES string of the molecule is COCCNC(=O)OC[C@@H](C)[C@@H](c1cc(F)ccc1F)S(=O)(=O)c1ccc(Cl)cc1. The van der Waals surface area contributed by atoms with Crippen molar-refractivity contribution >= 4 is 27.5 Å². The van der Waals surface area contributed by atoms with Crippen molar-refractivity contribution in [3.63, 3.8) is 0 Å². The molecule has 1 amide bonds. The second-order valence-electron chi connectivity index (χ2n) is 6.58. The fourth-order valence-corrected chi connectivity index (χ4v) is 5.02. The van der Waals surface area contributed by atoms with Gasteiger partial charge < -0.3 is 14.8 Å². The molecule has 30 heavy (non-hydrogen) atoms. The molecule has 0 saturated carbocycles. The Hall–Kier alpha value is -2.23. The standard InChI is InChI=1S/C20H22ClF2NO5S/c1-13(12-29-20(25)24-9-10-28-2)19(17-11-15(22)5-8-18(17)23)30(26,27)16-6-3-14(21)4-7-16/h3-8,11,13,19H,9-10,12H2,1-2H3,(H,24,25)/t13-,19+/m1/s1. The number of hydrogen-bond acceptors (Lipinski definition) is 5. The van der Waals surface area contributed by atoms with Gasteiger partial charge in [-0.25, -0.2) is 22.0 Å². The highest BCUT2D eigenvalue weighted by Gasteiger charge is 2.36. The predicted octanol–water partition coefficient (Wildman–Crippen LogP) is 4.14. The lowest BCUT2D eigenvalue weighted by Gasteiger charge is -2.25. The first-order valence-corrected chi connectivity index (χ1v) is 10.9. The van der Waals surface area contributed by atoms with Crippen molar-refractivity contribution < 1.29 is 31.5 Å². The zero-order chi connectivity index (χ0) is 22.3. The molecule has 0 unspecified atom stereocenters. The van der Waals surface area contributed by atoms with Crippen molar-refractivity contribution in [2.75, 3.05) is 26.9 Å². The van der Waals surface area contributed by atoms with Crippen molar-refractivity contribution in [2.45, 2.75) is 17.1 Å². The minimum absolute atomic E-state index is 0.114. The van der Waals surface area contributed by atoms with E-state index in [0.717, 1.165) is 18.2 Å². The van der Waals surface area contributed by atoms with Crippen LogP contribution in [0.5, 0.6) is 0 Å². The molecule has 0 radical (unpaired) electrons. The molecule has 2 aromatic rings. The highest BCUT2D eigenvalue weighted by molar-refractivity contribution is 7.91. The van der Waals surface area contributed by atoms with E-state index in [1.165, 1.54) is 38.3 Å². The molecule has 2 rings (SSSR count). The van der Waals surface area contributed by atoms with Gasteiger partial charge >= 0.3 is 6.09 Å². The maximum Gasteiger partial charge on any atom is 0.407 e. The van der Waals surface area contributed by atoms with E-state index >= 15 is 0 Å². The van der Waals surface area contributed by atoms with Crippen molar-refractivity contribution in [2.24, 2.45) is 5.92 Å². The van der Waals surface area contributed by atoms with Gasteiger partial charge in [-0.15, -0.1) is 0 Å². The van der Waals surface area contributed by atoms with Gasteiger partial charge in [0.15, 0.2) is 9.84 Å². The molecule has 0 fully saturated rings. The van der Waals surface area contributed by atoms with Crippen molar-refractivity contribution in [1.82, 2.24) is 5.32 Å². The Morgan fingerprint density at radius 1 is 1.17 bits per heavy atom. The number of hydrogen-bond donors (Lipinski definition) is 1. The summed E-state index contributed by atoms with van der Waals surface area (Å²) >= 11 is 5.83. The molecule has 0 saturated heterocycles. The number of carbonyl (C=O) groups is 1. The summed E-state index contributed by atoms with van der Waals surface area (Å²) in [5, 5.41) is 1.26. The van der Waals surface area contributed by atoms with E-state index in [4.69, 9.17) is 21.1 Å². The van der Waals surface area contributed by atoms with Crippen LogP contribution < -0.4 is 5.32 Å². The molecular formula is C20H22ClF2NO5S. The Labute approximate surface area is 179 Å². The lowest BCUT2D eigenvalue weighted by Crippen LogP contribution is -2.31. The highest BCUT2D eigenvalue weighted by atomic mass is 35.5. The molecule has 1 N–H and O–H groups in total. The smallest absolute Gasteiger partial charge is 0.407 e. The first kappa shape index (κ1) is 24.0. The first-order valence-electron chi connectivity index (χ1n) is 9.00. The fraction of sp³-hybridized carbons (Fsp3) is 0.350. The number of benzene rings is 2. The molecule has 0 aliphatic carbocycles. The molecule has 2 atom stereocenters. The molecule has 0 aromatic heterocycles. The van der Waals surface area contributed by atoms with Crippen LogP contribution in [-0.4, -0.2) is 41.4 Å². The molecule has 0 aliphatic rings. The number of halogens is 3. The summed E-state index contributed by atoms with van der Waals surface area (Å²) in [6.07, 6.45) is -0.777. The fourth-order valence-electron chi connectivity index (χ4n) is 2.88. The van der Waals surface area contributed by atoms with Crippen LogP contribution >= 0.6 is 11.6 Å². The number of ether oxygens (including phenoxy) is 2. The van der Waals surface area contributed by atoms with Gasteiger partial charge in [-0.1, -0.05) is 18.5 Å². The monoisotopic (exact) mass is 461 g/mol. The Bertz CT molecular complexity index is 970. The third kappa shape index (κ3) is 6.13. The number of methoxy groups -OCH3 is 1. The summed E-state index contributed by atoms with van der Waals surface area (Å²) in [5.74, 6) is -2.56. The average Bonchev–Trinajstić information content (AvgIpc) is 2.69. The summed E-state index contributed by atoms with van der Waals surface area (Å²) in [4.78, 5) is 11.7. The van der Waals surface area contributed by atoms with Crippen LogP contribution in [-0.2, 0) is 19.3 Å². The quantitative estimate of drug-likeness (QED) is 0.567. The number of nitrogens with one attached hydrogen (secondary N) is 1. The minimum Gasteiger partial charge on any atom is -0.449 e. The topological polar surface area (TPSA) is 81.7 Å². The molecule has 164 valence electrons. The van der Waals surface area contributed by atoms with E-state index in [9.17, 15) is 22.0 Å². The molecule has 10 heteroatoms. The largest absolute Gasteiger partial charge is 0.449 e. The minimum atomic E-state index is -4.18. The third-order valence-corrected chi connectivity index (χ3v) is 6.88. The Balaban J connectivity index is 2.35. The number of carbonyl (C=O) groups excluding carboxylic acids is 1. The Morgan fingerprint density at radius 2 is 1.83 bits per heavy atom. The van der Waals surface area contributed by atoms with Gasteiger partial charge in [-0.05, 0) is 42.5 Å². The van der Waals surface area contributed by atoms with Gasteiger partial charge in [0.25, 0.3) is 0 Å². The van der Waals surface area contributed by atoms with E-state index in [1.54, 1.807) is 0 Å². The highest BCUT2D eigenvalue weighted by Crippen LogP contribution is 2.37. The number of rotatable bonds is 9. The summed E-state index contributed by atoms with van der Waals surface area (Å²) in [5.41, 5.74) is -0.346. The molecular weight excluding hydrogens is 440 g/mol. The zero-order valence-corrected chi connectivity index (χ0v) is 18.0. The summed E-state index contributed by atoms with van der Waals surface area (Å²) in [6.45, 7) is 1.61. The van der Waals surface area contributed by atoms with Crippen LogP contribution in [0, 0.1) is 17.6 Å². The van der Waals surface area contributed by atoms with Gasteiger partial charge in [0, 0.05) is 30.2 Å². The number of sulfone groups is 1. The van der Waals surface area contributed by atoms with Crippen molar-refractivity contribution in [3.8, 4) is 0 Å². The lowest BCUT2D eigenvalue weighted by molar-refractivity contribution is 0.123. The second-order valence-corrected chi connectivity index (χ2v) is 9.09. The first-order chi connectivity index (χ1) is 14.2. The normalized spacial score (nSPS) is 13.5. The van der Waals surface area contributed by atoms with Crippen LogP contribution in [0.15, 0.2) is 47.4 Å². The molecule has 6 nitrogen and oxygen atoms in total. The van der Waals surface area contributed by atoms with Gasteiger partial charge in [0.2, 0.25) is 0 Å². The number of alkyl carbamates (subject to hydrolysis) is 1. The average molecular weight is 462 g/mol. The van der Waals surface area contributed by atoms with E-state index < -0.39 is 38.7 Å². The van der Waals surface area contributed by atoms with Gasteiger partial charge in [0.05, 0.1) is 23.4 Å². The van der Waals surface area contributed by atoms with Crippen molar-refractivity contribution in [1.29, 1.82) is 0 Å². The van der Waals surface area contributed by atoms with Crippen LogP contribution in [0.4, 0.5) is 13.6 Å². The molecule has 0 heterocycles. The number of amides is 1. The maximum atomic E-state index is 14.5. The van der Waals surface area contributed by atoms with Gasteiger partial charge in [0.1, 0.15) is 11.6 Å². The lowest BCUT2D eigenvalue weighted by atomic mass is 10.0. The summed E-state index contributed by atoms with van der Waals surface area (Å²) in [7, 11) is -2.71. The maximum absolute atomic E-state index is 14.5. The van der Waals surface area contributed by atoms with E-state index in [1.807, 2.05) is 0 Å². The molecule has 0 spiro atoms. The Morgan fingerprint density at radius 3 is 2.47 bits per heavy atom. The van der Waals surface area contributed by atoms with Crippen LogP contribution in [0.3, 0.4) is 0 Å². The molecule has 0 aliphatic heterocycles. The summed E-state index contributed by atoms with van der Waals surface area (Å²) in [6, 6.07) is 7.94. The van der Waals surface area contributed by atoms with Crippen LogP contribution in [0.2, 0.25) is 5.02 Å². The Kier molecular flexibility index (Phi) is 8.57. The zero-order valence-electron chi connectivity index (χ0n) is 16.4. The van der Waals surface area contributed by atoms with E-state index in [-0.39, 0.29) is 30.2 Å². The van der Waals surface area contributed by atoms with E-state index in [0.29, 0.717) is 5.02 Å². The predicted molar refractivity (Wildman–Crippen MR) is 108 cm³/mol. The van der Waals surface area contributed by atoms with Crippen LogP contribution in [0.1, 0.15) is 17.7 Å². The summed E-state index contributed by atoms with van der Waals surface area (Å²) < 4.78 is 64.8. The van der Waals surface area contributed by atoms with Crippen LogP contribution in [0.25, 0.3) is 0 Å². The molecule has 0 bridgehead atoms. The molecule has 2 aromatic carbocycles. The van der Waals surface area contributed by atoms with Gasteiger partial charge in [-0.2, -0.15) is 0 Å².